The lowest BCUT2D eigenvalue weighted by molar-refractivity contribution is 0.214. The van der Waals surface area contributed by atoms with Gasteiger partial charge in [0.05, 0.1) is 0 Å². The van der Waals surface area contributed by atoms with Gasteiger partial charge in [-0.25, -0.2) is 0 Å². The number of oxime groups is 1. The third-order valence-electron chi connectivity index (χ3n) is 1.17. The fraction of sp³-hybridized carbons (Fsp3) is 0.625. The molecular weight excluding hydrogens is 126 g/mol. The van der Waals surface area contributed by atoms with Crippen LogP contribution in [0.3, 0.4) is 0 Å². The molecule has 0 aliphatic carbocycles. The van der Waals surface area contributed by atoms with Gasteiger partial charge < -0.3 is 4.84 Å². The van der Waals surface area contributed by atoms with Crippen LogP contribution < -0.4 is 0 Å². The Bertz CT molecular complexity index is 99.4. The zero-order valence-electron chi connectivity index (χ0n) is 6.55. The molecular formula is C8H15NO. The van der Waals surface area contributed by atoms with E-state index in [9.17, 15) is 0 Å². The highest BCUT2D eigenvalue weighted by molar-refractivity contribution is 5.55. The molecule has 0 N–H and O–H groups in total. The van der Waals surface area contributed by atoms with Crippen LogP contribution in [-0.4, -0.2) is 13.3 Å². The van der Waals surface area contributed by atoms with E-state index in [0.29, 0.717) is 0 Å². The van der Waals surface area contributed by atoms with Crippen LogP contribution in [0.1, 0.15) is 25.7 Å². The molecule has 2 heteroatoms. The number of nitrogens with zero attached hydrogens (tertiary/aromatic N) is 1. The minimum atomic E-state index is 1.00. The van der Waals surface area contributed by atoms with Crippen molar-refractivity contribution in [3.8, 4) is 0 Å². The molecule has 0 aromatic heterocycles. The molecule has 0 rings (SSSR count). The molecule has 0 aliphatic heterocycles. The van der Waals surface area contributed by atoms with Gasteiger partial charge in [-0.2, -0.15) is 0 Å². The van der Waals surface area contributed by atoms with E-state index in [1.54, 1.807) is 13.3 Å². The van der Waals surface area contributed by atoms with Gasteiger partial charge in [0.15, 0.2) is 0 Å². The van der Waals surface area contributed by atoms with Crippen molar-refractivity contribution in [1.82, 2.24) is 0 Å². The van der Waals surface area contributed by atoms with Gasteiger partial charge in [0.1, 0.15) is 7.11 Å². The average Bonchev–Trinajstić information content (AvgIpc) is 1.97. The summed E-state index contributed by atoms with van der Waals surface area (Å²) >= 11 is 0. The standard InChI is InChI=1S/C8H15NO/c1-3-4-5-6-7-8-9-10-2/h3,8H,1,4-7H2,2H3. The van der Waals surface area contributed by atoms with Crippen LogP contribution in [0.4, 0.5) is 0 Å². The smallest absolute Gasteiger partial charge is 0.106 e. The summed E-state index contributed by atoms with van der Waals surface area (Å²) in [5.41, 5.74) is 0. The summed E-state index contributed by atoms with van der Waals surface area (Å²) in [5.74, 6) is 0. The van der Waals surface area contributed by atoms with Crippen molar-refractivity contribution >= 4 is 6.21 Å². The highest BCUT2D eigenvalue weighted by atomic mass is 16.6. The molecule has 0 saturated carbocycles. The predicted molar refractivity (Wildman–Crippen MR) is 44.2 cm³/mol. The minimum absolute atomic E-state index is 1.00. The van der Waals surface area contributed by atoms with E-state index in [-0.39, 0.29) is 0 Å². The lowest BCUT2D eigenvalue weighted by Gasteiger charge is -1.90. The van der Waals surface area contributed by atoms with E-state index in [2.05, 4.69) is 16.6 Å². The van der Waals surface area contributed by atoms with Crippen molar-refractivity contribution in [2.45, 2.75) is 25.7 Å². The van der Waals surface area contributed by atoms with Crippen molar-refractivity contribution in [3.63, 3.8) is 0 Å². The van der Waals surface area contributed by atoms with Crippen LogP contribution in [-0.2, 0) is 4.84 Å². The molecule has 0 aromatic carbocycles. The van der Waals surface area contributed by atoms with E-state index < -0.39 is 0 Å². The van der Waals surface area contributed by atoms with Gasteiger partial charge >= 0.3 is 0 Å². The summed E-state index contributed by atoms with van der Waals surface area (Å²) in [5, 5.41) is 3.62. The molecule has 58 valence electrons. The van der Waals surface area contributed by atoms with Gasteiger partial charge in [0.2, 0.25) is 0 Å². The van der Waals surface area contributed by atoms with Crippen molar-refractivity contribution < 1.29 is 4.84 Å². The highest BCUT2D eigenvalue weighted by Crippen LogP contribution is 1.97. The molecule has 0 bridgehead atoms. The Morgan fingerprint density at radius 1 is 1.40 bits per heavy atom. The first-order valence-electron chi connectivity index (χ1n) is 3.57. The van der Waals surface area contributed by atoms with Crippen molar-refractivity contribution in [3.05, 3.63) is 12.7 Å². The fourth-order valence-corrected chi connectivity index (χ4v) is 0.652. The first-order valence-corrected chi connectivity index (χ1v) is 3.57. The SMILES string of the molecule is C=CCCCCC=NOC. The molecule has 0 heterocycles. The molecule has 0 atom stereocenters. The van der Waals surface area contributed by atoms with Gasteiger partial charge in [-0.05, 0) is 25.7 Å². The number of rotatable bonds is 6. The summed E-state index contributed by atoms with van der Waals surface area (Å²) in [6.45, 7) is 3.64. The maximum Gasteiger partial charge on any atom is 0.106 e. The predicted octanol–water partition coefficient (Wildman–Crippen LogP) is 2.37. The Labute approximate surface area is 62.6 Å². The zero-order valence-corrected chi connectivity index (χ0v) is 6.55. The topological polar surface area (TPSA) is 21.6 Å². The number of hydrogen-bond donors (Lipinski definition) is 0. The van der Waals surface area contributed by atoms with Gasteiger partial charge in [-0.3, -0.25) is 0 Å². The van der Waals surface area contributed by atoms with Crippen LogP contribution in [0.25, 0.3) is 0 Å². The van der Waals surface area contributed by atoms with Crippen LogP contribution in [0.2, 0.25) is 0 Å². The first kappa shape index (κ1) is 9.21. The first-order chi connectivity index (χ1) is 4.91. The second-order valence-corrected chi connectivity index (χ2v) is 2.04. The third-order valence-corrected chi connectivity index (χ3v) is 1.17. The molecule has 0 aliphatic rings. The fourth-order valence-electron chi connectivity index (χ4n) is 0.652. The van der Waals surface area contributed by atoms with Gasteiger partial charge in [-0.1, -0.05) is 11.2 Å². The van der Waals surface area contributed by atoms with E-state index in [0.717, 1.165) is 12.8 Å². The molecule has 0 unspecified atom stereocenters. The quantitative estimate of drug-likeness (QED) is 0.241. The molecule has 0 fully saturated rings. The Balaban J connectivity index is 2.89. The van der Waals surface area contributed by atoms with E-state index >= 15 is 0 Å². The number of allylic oxidation sites excluding steroid dienone is 1. The highest BCUT2D eigenvalue weighted by Gasteiger charge is 1.82. The summed E-state index contributed by atoms with van der Waals surface area (Å²) in [7, 11) is 1.56. The van der Waals surface area contributed by atoms with Crippen molar-refractivity contribution in [2.75, 3.05) is 7.11 Å². The second kappa shape index (κ2) is 8.21. The summed E-state index contributed by atoms with van der Waals surface area (Å²) in [6.07, 6.45) is 8.19. The molecule has 0 saturated heterocycles. The van der Waals surface area contributed by atoms with Gasteiger partial charge in [-0.15, -0.1) is 6.58 Å². The minimum Gasteiger partial charge on any atom is -0.399 e. The van der Waals surface area contributed by atoms with Crippen LogP contribution >= 0.6 is 0 Å². The molecule has 0 spiro atoms. The van der Waals surface area contributed by atoms with Gasteiger partial charge in [0, 0.05) is 6.21 Å². The van der Waals surface area contributed by atoms with Crippen LogP contribution in [0, 0.1) is 0 Å². The summed E-state index contributed by atoms with van der Waals surface area (Å²) in [4.78, 5) is 4.50. The summed E-state index contributed by atoms with van der Waals surface area (Å²) in [6, 6.07) is 0. The average molecular weight is 141 g/mol. The van der Waals surface area contributed by atoms with Crippen LogP contribution in [0.5, 0.6) is 0 Å². The molecule has 0 aromatic rings. The normalized spacial score (nSPS) is 10.1. The number of unbranched alkanes of at least 4 members (excludes halogenated alkanes) is 3. The maximum atomic E-state index is 4.50. The molecule has 2 nitrogen and oxygen atoms in total. The zero-order chi connectivity index (χ0) is 7.66. The van der Waals surface area contributed by atoms with Gasteiger partial charge in [0.25, 0.3) is 0 Å². The molecule has 0 amide bonds. The lowest BCUT2D eigenvalue weighted by Crippen LogP contribution is -1.78. The molecule has 0 radical (unpaired) electrons. The second-order valence-electron chi connectivity index (χ2n) is 2.04. The summed E-state index contributed by atoms with van der Waals surface area (Å²) < 4.78 is 0. The maximum absolute atomic E-state index is 4.50. The Hall–Kier alpha value is -0.790. The van der Waals surface area contributed by atoms with E-state index in [1.165, 1.54) is 12.8 Å². The van der Waals surface area contributed by atoms with Crippen LogP contribution in [0.15, 0.2) is 17.8 Å². The Morgan fingerprint density at radius 3 is 2.70 bits per heavy atom. The van der Waals surface area contributed by atoms with Crippen molar-refractivity contribution in [2.24, 2.45) is 5.16 Å². The third kappa shape index (κ3) is 7.21. The van der Waals surface area contributed by atoms with E-state index in [1.807, 2.05) is 6.08 Å². The monoisotopic (exact) mass is 141 g/mol. The Morgan fingerprint density at radius 2 is 2.10 bits per heavy atom. The molecule has 10 heavy (non-hydrogen) atoms. The van der Waals surface area contributed by atoms with Crippen molar-refractivity contribution in [1.29, 1.82) is 0 Å². The Kier molecular flexibility index (Phi) is 7.56. The largest absolute Gasteiger partial charge is 0.399 e. The number of hydrogen-bond acceptors (Lipinski definition) is 2. The van der Waals surface area contributed by atoms with E-state index in [4.69, 9.17) is 0 Å². The lowest BCUT2D eigenvalue weighted by atomic mass is 10.2.